The second kappa shape index (κ2) is 8.15. The smallest absolute Gasteiger partial charge is 0.270 e. The summed E-state index contributed by atoms with van der Waals surface area (Å²) in [5.41, 5.74) is 3.16. The number of hydrogen-bond acceptors (Lipinski definition) is 3. The van der Waals surface area contributed by atoms with Gasteiger partial charge in [0.25, 0.3) is 5.91 Å². The standard InChI is InChI=1S/C25H29N3O2/c1-26-23-5-3-2-4-21(23)16-24(26)25(29)28-14-12-27(13-15-28)17-19-8-10-22(11-9-19)30-18-20-6-7-20/h2-5,8-11,16,20H,6-7,12-15,17-18H2,1H3. The lowest BCUT2D eigenvalue weighted by atomic mass is 10.2. The van der Waals surface area contributed by atoms with Crippen molar-refractivity contribution in [1.29, 1.82) is 0 Å². The van der Waals surface area contributed by atoms with Crippen LogP contribution in [0.15, 0.2) is 54.6 Å². The Kier molecular flexibility index (Phi) is 5.21. The predicted octanol–water partition coefficient (Wildman–Crippen LogP) is 3.93. The minimum Gasteiger partial charge on any atom is -0.493 e. The van der Waals surface area contributed by atoms with Gasteiger partial charge in [0.15, 0.2) is 0 Å². The predicted molar refractivity (Wildman–Crippen MR) is 119 cm³/mol. The summed E-state index contributed by atoms with van der Waals surface area (Å²) in [6.45, 7) is 5.10. The topological polar surface area (TPSA) is 37.7 Å². The first-order valence-corrected chi connectivity index (χ1v) is 11.0. The summed E-state index contributed by atoms with van der Waals surface area (Å²) in [5.74, 6) is 1.87. The van der Waals surface area contributed by atoms with E-state index in [1.807, 2.05) is 34.7 Å². The highest BCUT2D eigenvalue weighted by Crippen LogP contribution is 2.29. The highest BCUT2D eigenvalue weighted by molar-refractivity contribution is 5.98. The summed E-state index contributed by atoms with van der Waals surface area (Å²) in [6.07, 6.45) is 2.63. The molecule has 5 heteroatoms. The van der Waals surface area contributed by atoms with E-state index in [9.17, 15) is 4.79 Å². The zero-order chi connectivity index (χ0) is 20.5. The number of ether oxygens (including phenoxy) is 1. The van der Waals surface area contributed by atoms with E-state index in [1.165, 1.54) is 18.4 Å². The van der Waals surface area contributed by atoms with Gasteiger partial charge >= 0.3 is 0 Å². The molecule has 2 aromatic carbocycles. The average Bonchev–Trinajstić information content (AvgIpc) is 3.56. The third kappa shape index (κ3) is 4.08. The minimum atomic E-state index is 0.130. The molecular formula is C25H29N3O2. The molecule has 2 heterocycles. The number of piperazine rings is 1. The summed E-state index contributed by atoms with van der Waals surface area (Å²) < 4.78 is 7.84. The van der Waals surface area contributed by atoms with Crippen LogP contribution in [0.25, 0.3) is 10.9 Å². The van der Waals surface area contributed by atoms with Crippen molar-refractivity contribution in [3.63, 3.8) is 0 Å². The molecule has 3 aromatic rings. The average molecular weight is 404 g/mol. The maximum Gasteiger partial charge on any atom is 0.270 e. The Balaban J connectivity index is 1.15. The fourth-order valence-electron chi connectivity index (χ4n) is 4.21. The number of hydrogen-bond donors (Lipinski definition) is 0. The second-order valence-corrected chi connectivity index (χ2v) is 8.61. The summed E-state index contributed by atoms with van der Waals surface area (Å²) in [7, 11) is 1.98. The van der Waals surface area contributed by atoms with Crippen molar-refractivity contribution in [2.45, 2.75) is 19.4 Å². The van der Waals surface area contributed by atoms with Gasteiger partial charge in [0.05, 0.1) is 6.61 Å². The number of rotatable bonds is 6. The van der Waals surface area contributed by atoms with Crippen molar-refractivity contribution in [3.05, 3.63) is 65.9 Å². The Morgan fingerprint density at radius 2 is 1.73 bits per heavy atom. The molecule has 2 aliphatic rings. The molecule has 1 saturated heterocycles. The summed E-state index contributed by atoms with van der Waals surface area (Å²) >= 11 is 0. The molecule has 1 saturated carbocycles. The van der Waals surface area contributed by atoms with E-state index in [4.69, 9.17) is 4.74 Å². The van der Waals surface area contributed by atoms with E-state index in [0.29, 0.717) is 0 Å². The van der Waals surface area contributed by atoms with E-state index in [1.54, 1.807) is 0 Å². The van der Waals surface area contributed by atoms with Crippen LogP contribution < -0.4 is 4.74 Å². The van der Waals surface area contributed by atoms with Gasteiger partial charge in [0.1, 0.15) is 11.4 Å². The molecule has 5 rings (SSSR count). The number of amides is 1. The maximum atomic E-state index is 13.1. The number of aryl methyl sites for hydroxylation is 1. The number of fused-ring (bicyclic) bond motifs is 1. The van der Waals surface area contributed by atoms with Crippen LogP contribution in [0.3, 0.4) is 0 Å². The molecule has 1 aliphatic carbocycles. The largest absolute Gasteiger partial charge is 0.493 e. The number of nitrogens with zero attached hydrogens (tertiary/aromatic N) is 3. The van der Waals surface area contributed by atoms with Crippen molar-refractivity contribution >= 4 is 16.8 Å². The molecular weight excluding hydrogens is 374 g/mol. The number of aromatic nitrogens is 1. The molecule has 0 N–H and O–H groups in total. The van der Waals surface area contributed by atoms with Crippen molar-refractivity contribution in [1.82, 2.24) is 14.4 Å². The van der Waals surface area contributed by atoms with E-state index in [-0.39, 0.29) is 5.91 Å². The summed E-state index contributed by atoms with van der Waals surface area (Å²) in [5, 5.41) is 1.12. The second-order valence-electron chi connectivity index (χ2n) is 8.61. The van der Waals surface area contributed by atoms with Gasteiger partial charge in [-0.3, -0.25) is 9.69 Å². The highest BCUT2D eigenvalue weighted by atomic mass is 16.5. The monoisotopic (exact) mass is 403 g/mol. The van der Waals surface area contributed by atoms with Gasteiger partial charge < -0.3 is 14.2 Å². The van der Waals surface area contributed by atoms with E-state index in [0.717, 1.165) is 67.6 Å². The number of carbonyl (C=O) groups is 1. The fraction of sp³-hybridized carbons (Fsp3) is 0.400. The summed E-state index contributed by atoms with van der Waals surface area (Å²) in [6, 6.07) is 18.7. The van der Waals surface area contributed by atoms with Crippen LogP contribution in [-0.4, -0.2) is 53.1 Å². The molecule has 0 unspecified atom stereocenters. The van der Waals surface area contributed by atoms with Crippen LogP contribution >= 0.6 is 0 Å². The summed E-state index contributed by atoms with van der Waals surface area (Å²) in [4.78, 5) is 17.5. The molecule has 0 radical (unpaired) electrons. The Morgan fingerprint density at radius 1 is 1.00 bits per heavy atom. The Labute approximate surface area is 177 Å². The van der Waals surface area contributed by atoms with Gasteiger partial charge in [0.2, 0.25) is 0 Å². The van der Waals surface area contributed by atoms with Gasteiger partial charge in [-0.15, -0.1) is 0 Å². The third-order valence-electron chi connectivity index (χ3n) is 6.34. The SMILES string of the molecule is Cn1c(C(=O)N2CCN(Cc3ccc(OCC4CC4)cc3)CC2)cc2ccccc21. The molecule has 0 atom stereocenters. The minimum absolute atomic E-state index is 0.130. The maximum absolute atomic E-state index is 13.1. The molecule has 30 heavy (non-hydrogen) atoms. The Morgan fingerprint density at radius 3 is 2.43 bits per heavy atom. The van der Waals surface area contributed by atoms with Crippen molar-refractivity contribution in [2.75, 3.05) is 32.8 Å². The van der Waals surface area contributed by atoms with Crippen molar-refractivity contribution in [3.8, 4) is 5.75 Å². The van der Waals surface area contributed by atoms with Gasteiger partial charge in [-0.2, -0.15) is 0 Å². The van der Waals surface area contributed by atoms with Gasteiger partial charge in [-0.1, -0.05) is 30.3 Å². The van der Waals surface area contributed by atoms with Crippen LogP contribution in [0.5, 0.6) is 5.75 Å². The van der Waals surface area contributed by atoms with Crippen LogP contribution in [0.2, 0.25) is 0 Å². The lowest BCUT2D eigenvalue weighted by Gasteiger charge is -2.34. The van der Waals surface area contributed by atoms with Crippen LogP contribution in [0.4, 0.5) is 0 Å². The molecule has 0 bridgehead atoms. The van der Waals surface area contributed by atoms with E-state index in [2.05, 4.69) is 41.3 Å². The van der Waals surface area contributed by atoms with Crippen molar-refractivity contribution < 1.29 is 9.53 Å². The molecule has 1 amide bonds. The molecule has 1 aromatic heterocycles. The van der Waals surface area contributed by atoms with E-state index >= 15 is 0 Å². The zero-order valence-corrected chi connectivity index (χ0v) is 17.6. The van der Waals surface area contributed by atoms with Crippen molar-refractivity contribution in [2.24, 2.45) is 13.0 Å². The molecule has 2 fully saturated rings. The zero-order valence-electron chi connectivity index (χ0n) is 17.6. The van der Waals surface area contributed by atoms with Crippen LogP contribution in [-0.2, 0) is 13.6 Å². The Bertz CT molecular complexity index is 1030. The lowest BCUT2D eigenvalue weighted by molar-refractivity contribution is 0.0619. The Hall–Kier alpha value is -2.79. The normalized spacial score (nSPS) is 17.4. The van der Waals surface area contributed by atoms with Gasteiger partial charge in [-0.25, -0.2) is 0 Å². The van der Waals surface area contributed by atoms with Gasteiger partial charge in [-0.05, 0) is 48.6 Å². The van der Waals surface area contributed by atoms with Gasteiger partial charge in [0, 0.05) is 50.7 Å². The quantitative estimate of drug-likeness (QED) is 0.626. The van der Waals surface area contributed by atoms with Crippen LogP contribution in [0.1, 0.15) is 28.9 Å². The molecule has 1 aliphatic heterocycles. The molecule has 156 valence electrons. The molecule has 0 spiro atoms. The first-order valence-electron chi connectivity index (χ1n) is 11.0. The highest BCUT2D eigenvalue weighted by Gasteiger charge is 2.25. The molecule has 5 nitrogen and oxygen atoms in total. The first-order chi connectivity index (χ1) is 14.7. The number of benzene rings is 2. The number of para-hydroxylation sites is 1. The first kappa shape index (κ1) is 19.2. The number of carbonyl (C=O) groups excluding carboxylic acids is 1. The fourth-order valence-corrected chi connectivity index (χ4v) is 4.21. The third-order valence-corrected chi connectivity index (χ3v) is 6.34. The van der Waals surface area contributed by atoms with Crippen LogP contribution in [0, 0.1) is 5.92 Å². The lowest BCUT2D eigenvalue weighted by Crippen LogP contribution is -2.48. The van der Waals surface area contributed by atoms with E-state index < -0.39 is 0 Å².